The molecule has 2 heteroatoms. The van der Waals surface area contributed by atoms with Crippen LogP contribution in [0.4, 0.5) is 5.69 Å². The molecule has 1 unspecified atom stereocenters. The van der Waals surface area contributed by atoms with Crippen molar-refractivity contribution in [3.05, 3.63) is 71.9 Å². The highest BCUT2D eigenvalue weighted by Crippen LogP contribution is 2.33. The maximum absolute atomic E-state index is 4.58. The molecule has 0 fully saturated rings. The molecule has 0 amide bonds. The number of hydrogen-bond acceptors (Lipinski definition) is 2. The van der Waals surface area contributed by atoms with Gasteiger partial charge in [-0.1, -0.05) is 42.5 Å². The van der Waals surface area contributed by atoms with Gasteiger partial charge in [-0.3, -0.25) is 4.98 Å². The van der Waals surface area contributed by atoms with Gasteiger partial charge in [0.15, 0.2) is 0 Å². The van der Waals surface area contributed by atoms with E-state index in [2.05, 4.69) is 65.3 Å². The van der Waals surface area contributed by atoms with E-state index >= 15 is 0 Å². The minimum absolute atomic E-state index is 0.543. The van der Waals surface area contributed by atoms with Crippen molar-refractivity contribution in [2.75, 3.05) is 4.90 Å². The van der Waals surface area contributed by atoms with Gasteiger partial charge in [0, 0.05) is 29.9 Å². The second kappa shape index (κ2) is 4.88. The van der Waals surface area contributed by atoms with E-state index in [1.165, 1.54) is 22.2 Å². The standard InChI is InChI=1S/C19H18N2/c1-14-12-16-6-2-3-10-18(16)21(14)13-17-8-4-7-15-9-5-11-20-19(15)17/h2-11,14H,12-13H2,1H3. The minimum atomic E-state index is 0.543. The number of anilines is 1. The van der Waals surface area contributed by atoms with Crippen LogP contribution >= 0.6 is 0 Å². The van der Waals surface area contributed by atoms with Crippen LogP contribution in [-0.2, 0) is 13.0 Å². The molecule has 4 rings (SSSR count). The molecule has 0 saturated carbocycles. The lowest BCUT2D eigenvalue weighted by Gasteiger charge is -2.25. The molecule has 1 aromatic heterocycles. The van der Waals surface area contributed by atoms with Gasteiger partial charge in [-0.15, -0.1) is 0 Å². The van der Waals surface area contributed by atoms with Gasteiger partial charge >= 0.3 is 0 Å². The Bertz CT molecular complexity index is 789. The molecule has 104 valence electrons. The molecule has 1 aliphatic rings. The highest BCUT2D eigenvalue weighted by molar-refractivity contribution is 5.82. The molecule has 0 spiro atoms. The average Bonchev–Trinajstić information content (AvgIpc) is 2.84. The molecule has 0 aliphatic carbocycles. The monoisotopic (exact) mass is 274 g/mol. The topological polar surface area (TPSA) is 16.1 Å². The van der Waals surface area contributed by atoms with Gasteiger partial charge in [-0.05, 0) is 36.6 Å². The Hall–Kier alpha value is -2.35. The SMILES string of the molecule is CC1Cc2ccccc2N1Cc1cccc2cccnc12. The number of fused-ring (bicyclic) bond motifs is 2. The van der Waals surface area contributed by atoms with Crippen molar-refractivity contribution in [1.29, 1.82) is 0 Å². The van der Waals surface area contributed by atoms with Crippen LogP contribution in [0.25, 0.3) is 10.9 Å². The summed E-state index contributed by atoms with van der Waals surface area (Å²) in [6, 6.07) is 19.9. The second-order valence-electron chi connectivity index (χ2n) is 5.80. The Morgan fingerprint density at radius 3 is 2.86 bits per heavy atom. The highest BCUT2D eigenvalue weighted by Gasteiger charge is 2.25. The molecule has 0 bridgehead atoms. The van der Waals surface area contributed by atoms with Crippen LogP contribution in [0, 0.1) is 0 Å². The molecule has 0 N–H and O–H groups in total. The fourth-order valence-electron chi connectivity index (χ4n) is 3.35. The van der Waals surface area contributed by atoms with Crippen molar-refractivity contribution in [2.24, 2.45) is 0 Å². The van der Waals surface area contributed by atoms with Gasteiger partial charge in [0.25, 0.3) is 0 Å². The van der Waals surface area contributed by atoms with Crippen LogP contribution in [0.15, 0.2) is 60.8 Å². The Balaban J connectivity index is 1.75. The summed E-state index contributed by atoms with van der Waals surface area (Å²) in [5.41, 5.74) is 5.25. The van der Waals surface area contributed by atoms with Crippen molar-refractivity contribution >= 4 is 16.6 Å². The number of para-hydroxylation sites is 2. The van der Waals surface area contributed by atoms with E-state index in [0.717, 1.165) is 18.5 Å². The molecular formula is C19H18N2. The van der Waals surface area contributed by atoms with Gasteiger partial charge in [0.05, 0.1) is 5.52 Å². The summed E-state index contributed by atoms with van der Waals surface area (Å²) in [4.78, 5) is 7.08. The number of hydrogen-bond donors (Lipinski definition) is 0. The Morgan fingerprint density at radius 1 is 1.05 bits per heavy atom. The summed E-state index contributed by atoms with van der Waals surface area (Å²) < 4.78 is 0. The van der Waals surface area contributed by atoms with E-state index in [9.17, 15) is 0 Å². The fourth-order valence-corrected chi connectivity index (χ4v) is 3.35. The zero-order valence-electron chi connectivity index (χ0n) is 12.2. The van der Waals surface area contributed by atoms with Crippen LogP contribution < -0.4 is 4.90 Å². The number of rotatable bonds is 2. The minimum Gasteiger partial charge on any atom is -0.364 e. The van der Waals surface area contributed by atoms with Crippen molar-refractivity contribution < 1.29 is 0 Å². The van der Waals surface area contributed by atoms with E-state index in [1.54, 1.807) is 0 Å². The smallest absolute Gasteiger partial charge is 0.0751 e. The van der Waals surface area contributed by atoms with E-state index in [1.807, 2.05) is 12.3 Å². The number of pyridine rings is 1. The fraction of sp³-hybridized carbons (Fsp3) is 0.211. The largest absolute Gasteiger partial charge is 0.364 e. The third kappa shape index (κ3) is 2.07. The molecule has 2 heterocycles. The average molecular weight is 274 g/mol. The van der Waals surface area contributed by atoms with Crippen LogP contribution in [0.2, 0.25) is 0 Å². The summed E-state index contributed by atoms with van der Waals surface area (Å²) in [6.45, 7) is 3.23. The van der Waals surface area contributed by atoms with Gasteiger partial charge in [0.2, 0.25) is 0 Å². The van der Waals surface area contributed by atoms with Crippen LogP contribution in [0.1, 0.15) is 18.1 Å². The zero-order valence-corrected chi connectivity index (χ0v) is 12.2. The van der Waals surface area contributed by atoms with Crippen molar-refractivity contribution in [2.45, 2.75) is 25.9 Å². The number of benzene rings is 2. The first-order valence-electron chi connectivity index (χ1n) is 7.50. The first-order chi connectivity index (χ1) is 10.3. The third-order valence-corrected chi connectivity index (χ3v) is 4.41. The first kappa shape index (κ1) is 12.4. The summed E-state index contributed by atoms with van der Waals surface area (Å²) in [5.74, 6) is 0. The molecule has 1 aliphatic heterocycles. The molecule has 2 nitrogen and oxygen atoms in total. The number of aromatic nitrogens is 1. The Kier molecular flexibility index (Phi) is 2.88. The Labute approximate surface area is 125 Å². The third-order valence-electron chi connectivity index (χ3n) is 4.41. The predicted molar refractivity (Wildman–Crippen MR) is 87.5 cm³/mol. The molecule has 21 heavy (non-hydrogen) atoms. The van der Waals surface area contributed by atoms with Crippen molar-refractivity contribution in [3.63, 3.8) is 0 Å². The van der Waals surface area contributed by atoms with Gasteiger partial charge in [-0.2, -0.15) is 0 Å². The first-order valence-corrected chi connectivity index (χ1v) is 7.50. The summed E-state index contributed by atoms with van der Waals surface area (Å²) >= 11 is 0. The van der Waals surface area contributed by atoms with Crippen LogP contribution in [-0.4, -0.2) is 11.0 Å². The quantitative estimate of drug-likeness (QED) is 0.696. The molecule has 3 aromatic rings. The second-order valence-corrected chi connectivity index (χ2v) is 5.80. The number of nitrogens with zero attached hydrogens (tertiary/aromatic N) is 2. The molecule has 1 atom stereocenters. The van der Waals surface area contributed by atoms with E-state index in [-0.39, 0.29) is 0 Å². The van der Waals surface area contributed by atoms with E-state index in [0.29, 0.717) is 6.04 Å². The molecule has 0 saturated heterocycles. The van der Waals surface area contributed by atoms with Gasteiger partial charge in [0.1, 0.15) is 0 Å². The molecule has 0 radical (unpaired) electrons. The van der Waals surface area contributed by atoms with Gasteiger partial charge < -0.3 is 4.90 Å². The molecular weight excluding hydrogens is 256 g/mol. The summed E-state index contributed by atoms with van der Waals surface area (Å²) in [7, 11) is 0. The van der Waals surface area contributed by atoms with E-state index < -0.39 is 0 Å². The van der Waals surface area contributed by atoms with Gasteiger partial charge in [-0.25, -0.2) is 0 Å². The maximum Gasteiger partial charge on any atom is 0.0751 e. The molecule has 2 aromatic carbocycles. The summed E-state index contributed by atoms with van der Waals surface area (Å²) in [6.07, 6.45) is 3.02. The van der Waals surface area contributed by atoms with Crippen LogP contribution in [0.5, 0.6) is 0 Å². The normalized spacial score (nSPS) is 17.2. The lowest BCUT2D eigenvalue weighted by atomic mass is 10.1. The highest BCUT2D eigenvalue weighted by atomic mass is 15.2. The Morgan fingerprint density at radius 2 is 1.90 bits per heavy atom. The zero-order chi connectivity index (χ0) is 14.2. The maximum atomic E-state index is 4.58. The van der Waals surface area contributed by atoms with Crippen molar-refractivity contribution in [3.8, 4) is 0 Å². The lowest BCUT2D eigenvalue weighted by molar-refractivity contribution is 0.673. The predicted octanol–water partition coefficient (Wildman–Crippen LogP) is 4.19. The van der Waals surface area contributed by atoms with Crippen LogP contribution in [0.3, 0.4) is 0 Å². The van der Waals surface area contributed by atoms with E-state index in [4.69, 9.17) is 0 Å². The summed E-state index contributed by atoms with van der Waals surface area (Å²) in [5, 5.41) is 1.22. The lowest BCUT2D eigenvalue weighted by Crippen LogP contribution is -2.28. The van der Waals surface area contributed by atoms with Crippen molar-refractivity contribution in [1.82, 2.24) is 4.98 Å².